The number of benzene rings is 1. The van der Waals surface area contributed by atoms with Gasteiger partial charge in [-0.2, -0.15) is 0 Å². The zero-order chi connectivity index (χ0) is 14.0. The van der Waals surface area contributed by atoms with Crippen molar-refractivity contribution in [3.8, 4) is 0 Å². The molecule has 2 aromatic rings. The Bertz CT molecular complexity index is 604. The molecule has 0 spiro atoms. The fraction of sp³-hybridized carbons (Fsp3) is 0.357. The van der Waals surface area contributed by atoms with Gasteiger partial charge >= 0.3 is 0 Å². The summed E-state index contributed by atoms with van der Waals surface area (Å²) in [5, 5.41) is 4.95. The van der Waals surface area contributed by atoms with Gasteiger partial charge in [0.2, 0.25) is 5.91 Å². The number of nitrogens with zero attached hydrogens (tertiary/aromatic N) is 2. The van der Waals surface area contributed by atoms with Crippen LogP contribution in [0.5, 0.6) is 0 Å². The van der Waals surface area contributed by atoms with Gasteiger partial charge in [-0.3, -0.25) is 4.79 Å². The third-order valence-electron chi connectivity index (χ3n) is 3.10. The van der Waals surface area contributed by atoms with Crippen LogP contribution in [0.2, 0.25) is 5.02 Å². The Morgan fingerprint density at radius 3 is 2.79 bits per heavy atom. The van der Waals surface area contributed by atoms with E-state index in [1.165, 1.54) is 5.56 Å². The third kappa shape index (κ3) is 2.91. The van der Waals surface area contributed by atoms with Crippen molar-refractivity contribution >= 4 is 28.4 Å². The number of hydrogen-bond donors (Lipinski definition) is 1. The minimum atomic E-state index is 0.0629. The molecule has 2 rings (SSSR count). The number of likely N-dealkylation sites (N-methyl/N-ethyl adjacent to an activating group) is 1. The maximum absolute atomic E-state index is 11.9. The quantitative estimate of drug-likeness (QED) is 0.931. The zero-order valence-electron chi connectivity index (χ0n) is 11.4. The first-order chi connectivity index (χ1) is 9.02. The van der Waals surface area contributed by atoms with Crippen molar-refractivity contribution < 1.29 is 4.79 Å². The predicted octanol–water partition coefficient (Wildman–Crippen LogP) is 2.10. The number of fused-ring (bicyclic) bond motifs is 1. The Balaban J connectivity index is 2.47. The number of amides is 1. The number of rotatable bonds is 4. The number of halogens is 1. The highest BCUT2D eigenvalue weighted by atomic mass is 35.5. The Morgan fingerprint density at radius 1 is 1.42 bits per heavy atom. The molecule has 0 aliphatic carbocycles. The molecule has 0 unspecified atom stereocenters. The highest BCUT2D eigenvalue weighted by Gasteiger charge is 2.12. The summed E-state index contributed by atoms with van der Waals surface area (Å²) < 4.78 is 1.95. The number of hydrogen-bond acceptors (Lipinski definition) is 2. The lowest BCUT2D eigenvalue weighted by atomic mass is 10.2. The van der Waals surface area contributed by atoms with E-state index < -0.39 is 0 Å². The molecule has 5 heteroatoms. The minimum Gasteiger partial charge on any atom is -0.347 e. The zero-order valence-corrected chi connectivity index (χ0v) is 12.2. The van der Waals surface area contributed by atoms with Gasteiger partial charge < -0.3 is 14.8 Å². The van der Waals surface area contributed by atoms with Crippen molar-refractivity contribution in [2.24, 2.45) is 0 Å². The molecule has 1 aromatic carbocycles. The number of aromatic nitrogens is 1. The standard InChI is InChI=1S/C14H18ClN3O/c1-16-7-10-8-18(9-14(19)17(2)3)13-6-11(15)4-5-12(10)13/h4-6,8,16H,7,9H2,1-3H3. The van der Waals surface area contributed by atoms with E-state index in [2.05, 4.69) is 5.32 Å². The molecule has 1 aromatic heterocycles. The van der Waals surface area contributed by atoms with Crippen LogP contribution in [-0.4, -0.2) is 36.5 Å². The molecule has 0 saturated carbocycles. The summed E-state index contributed by atoms with van der Waals surface area (Å²) >= 11 is 6.05. The van der Waals surface area contributed by atoms with Gasteiger partial charge in [0.05, 0.1) is 5.52 Å². The van der Waals surface area contributed by atoms with E-state index in [4.69, 9.17) is 11.6 Å². The minimum absolute atomic E-state index is 0.0629. The fourth-order valence-corrected chi connectivity index (χ4v) is 2.26. The van der Waals surface area contributed by atoms with Crippen LogP contribution in [0.1, 0.15) is 5.56 Å². The molecule has 0 fully saturated rings. The molecule has 0 aliphatic rings. The molecule has 0 bridgehead atoms. The van der Waals surface area contributed by atoms with Crippen LogP contribution in [0, 0.1) is 0 Å². The lowest BCUT2D eigenvalue weighted by molar-refractivity contribution is -0.129. The lowest BCUT2D eigenvalue weighted by Crippen LogP contribution is -2.25. The third-order valence-corrected chi connectivity index (χ3v) is 3.33. The highest BCUT2D eigenvalue weighted by molar-refractivity contribution is 6.31. The summed E-state index contributed by atoms with van der Waals surface area (Å²) in [5.74, 6) is 0.0629. The molecule has 1 N–H and O–H groups in total. The summed E-state index contributed by atoms with van der Waals surface area (Å²) in [6, 6.07) is 5.78. The molecule has 1 heterocycles. The molecule has 102 valence electrons. The van der Waals surface area contributed by atoms with Gasteiger partial charge in [-0.1, -0.05) is 17.7 Å². The van der Waals surface area contributed by atoms with Crippen LogP contribution < -0.4 is 5.32 Å². The van der Waals surface area contributed by atoms with E-state index in [1.807, 2.05) is 36.0 Å². The van der Waals surface area contributed by atoms with Crippen molar-refractivity contribution in [3.63, 3.8) is 0 Å². The van der Waals surface area contributed by atoms with Crippen LogP contribution in [0.4, 0.5) is 0 Å². The first-order valence-electron chi connectivity index (χ1n) is 6.15. The van der Waals surface area contributed by atoms with E-state index in [0.717, 1.165) is 17.4 Å². The SMILES string of the molecule is CNCc1cn(CC(=O)N(C)C)c2cc(Cl)ccc12. The normalized spacial score (nSPS) is 10.9. The van der Waals surface area contributed by atoms with Gasteiger partial charge in [0.15, 0.2) is 0 Å². The van der Waals surface area contributed by atoms with Crippen molar-refractivity contribution in [2.75, 3.05) is 21.1 Å². The smallest absolute Gasteiger partial charge is 0.241 e. The van der Waals surface area contributed by atoms with Gasteiger partial charge in [-0.05, 0) is 24.7 Å². The molecule has 19 heavy (non-hydrogen) atoms. The molecule has 1 amide bonds. The largest absolute Gasteiger partial charge is 0.347 e. The molecular weight excluding hydrogens is 262 g/mol. The molecule has 0 radical (unpaired) electrons. The molecule has 4 nitrogen and oxygen atoms in total. The van der Waals surface area contributed by atoms with Gasteiger partial charge in [0.25, 0.3) is 0 Å². The summed E-state index contributed by atoms with van der Waals surface area (Å²) in [5.41, 5.74) is 2.16. The Kier molecular flexibility index (Phi) is 4.12. The van der Waals surface area contributed by atoms with Crippen LogP contribution in [0.25, 0.3) is 10.9 Å². The second-order valence-corrected chi connectivity index (χ2v) is 5.20. The first kappa shape index (κ1) is 13.9. The molecule has 0 aliphatic heterocycles. The van der Waals surface area contributed by atoms with Crippen LogP contribution in [-0.2, 0) is 17.9 Å². The Labute approximate surface area is 117 Å². The summed E-state index contributed by atoms with van der Waals surface area (Å²) in [6.45, 7) is 1.09. The van der Waals surface area contributed by atoms with E-state index in [9.17, 15) is 4.79 Å². The first-order valence-corrected chi connectivity index (χ1v) is 6.52. The van der Waals surface area contributed by atoms with Crippen molar-refractivity contribution in [3.05, 3.63) is 35.0 Å². The second kappa shape index (κ2) is 5.63. The number of nitrogens with one attached hydrogen (secondary N) is 1. The summed E-state index contributed by atoms with van der Waals surface area (Å²) in [4.78, 5) is 13.5. The molecule has 0 saturated heterocycles. The summed E-state index contributed by atoms with van der Waals surface area (Å²) in [6.07, 6.45) is 2.01. The maximum atomic E-state index is 11.9. The van der Waals surface area contributed by atoms with Crippen molar-refractivity contribution in [1.82, 2.24) is 14.8 Å². The van der Waals surface area contributed by atoms with Crippen LogP contribution >= 0.6 is 11.6 Å². The maximum Gasteiger partial charge on any atom is 0.241 e. The summed E-state index contributed by atoms with van der Waals surface area (Å²) in [7, 11) is 5.43. The average molecular weight is 280 g/mol. The van der Waals surface area contributed by atoms with Gasteiger partial charge in [-0.25, -0.2) is 0 Å². The Hall–Kier alpha value is -1.52. The monoisotopic (exact) mass is 279 g/mol. The van der Waals surface area contributed by atoms with E-state index in [-0.39, 0.29) is 5.91 Å². The average Bonchev–Trinajstić information content (AvgIpc) is 2.67. The highest BCUT2D eigenvalue weighted by Crippen LogP contribution is 2.25. The van der Waals surface area contributed by atoms with Crippen molar-refractivity contribution in [1.29, 1.82) is 0 Å². The number of carbonyl (C=O) groups is 1. The van der Waals surface area contributed by atoms with Gasteiger partial charge in [0.1, 0.15) is 6.54 Å². The lowest BCUT2D eigenvalue weighted by Gasteiger charge is -2.11. The van der Waals surface area contributed by atoms with Crippen molar-refractivity contribution in [2.45, 2.75) is 13.1 Å². The van der Waals surface area contributed by atoms with Gasteiger partial charge in [-0.15, -0.1) is 0 Å². The van der Waals surface area contributed by atoms with Gasteiger partial charge in [0, 0.05) is 37.2 Å². The fourth-order valence-electron chi connectivity index (χ4n) is 2.09. The number of carbonyl (C=O) groups excluding carboxylic acids is 1. The predicted molar refractivity (Wildman–Crippen MR) is 78.4 cm³/mol. The Morgan fingerprint density at radius 2 is 2.16 bits per heavy atom. The topological polar surface area (TPSA) is 37.3 Å². The van der Waals surface area contributed by atoms with E-state index in [0.29, 0.717) is 11.6 Å². The van der Waals surface area contributed by atoms with E-state index in [1.54, 1.807) is 19.0 Å². The second-order valence-electron chi connectivity index (χ2n) is 4.76. The van der Waals surface area contributed by atoms with Crippen LogP contribution in [0.15, 0.2) is 24.4 Å². The molecular formula is C14H18ClN3O. The van der Waals surface area contributed by atoms with Crippen LogP contribution in [0.3, 0.4) is 0 Å². The molecule has 0 atom stereocenters. The van der Waals surface area contributed by atoms with E-state index >= 15 is 0 Å².